The Hall–Kier alpha value is -2.26. The van der Waals surface area contributed by atoms with Gasteiger partial charge in [0.05, 0.1) is 12.0 Å². The molecule has 0 aromatic heterocycles. The molecule has 6 nitrogen and oxygen atoms in total. The minimum atomic E-state index is -1.08. The van der Waals surface area contributed by atoms with Crippen LogP contribution >= 0.6 is 11.6 Å². The fourth-order valence-corrected chi connectivity index (χ4v) is 4.98. The number of nitrogens with one attached hydrogen (secondary N) is 1. The zero-order chi connectivity index (χ0) is 18.6. The second-order valence-corrected chi connectivity index (χ2v) is 8.26. The van der Waals surface area contributed by atoms with Crippen molar-refractivity contribution < 1.29 is 14.7 Å². The molecule has 4 aliphatic rings. The van der Waals surface area contributed by atoms with Crippen molar-refractivity contribution in [1.82, 2.24) is 4.90 Å². The first-order valence-electron chi connectivity index (χ1n) is 8.88. The van der Waals surface area contributed by atoms with Crippen LogP contribution in [0.4, 0.5) is 10.5 Å². The second kappa shape index (κ2) is 5.88. The number of carboxylic acids is 1. The van der Waals surface area contributed by atoms with Crippen LogP contribution in [0.5, 0.6) is 0 Å². The molecule has 4 fully saturated rings. The van der Waals surface area contributed by atoms with E-state index in [1.54, 1.807) is 18.2 Å². The van der Waals surface area contributed by atoms with Crippen molar-refractivity contribution >= 4 is 29.3 Å². The minimum Gasteiger partial charge on any atom is -0.479 e. The average molecular weight is 374 g/mol. The van der Waals surface area contributed by atoms with E-state index >= 15 is 0 Å². The van der Waals surface area contributed by atoms with E-state index in [2.05, 4.69) is 11.4 Å². The minimum absolute atomic E-state index is 0.0203. The molecule has 7 heteroatoms. The van der Waals surface area contributed by atoms with E-state index < -0.39 is 11.5 Å². The number of benzene rings is 1. The van der Waals surface area contributed by atoms with Crippen molar-refractivity contribution in [3.05, 3.63) is 28.8 Å². The van der Waals surface area contributed by atoms with Crippen molar-refractivity contribution in [3.8, 4) is 6.07 Å². The highest BCUT2D eigenvalue weighted by molar-refractivity contribution is 6.31. The summed E-state index contributed by atoms with van der Waals surface area (Å²) in [5, 5.41) is 22.1. The van der Waals surface area contributed by atoms with E-state index in [4.69, 9.17) is 16.9 Å². The van der Waals surface area contributed by atoms with Crippen LogP contribution < -0.4 is 5.32 Å². The number of anilines is 1. The van der Waals surface area contributed by atoms with Gasteiger partial charge in [0.2, 0.25) is 0 Å². The first-order chi connectivity index (χ1) is 12.4. The second-order valence-electron chi connectivity index (χ2n) is 7.85. The van der Waals surface area contributed by atoms with Gasteiger partial charge in [0, 0.05) is 29.1 Å². The maximum Gasteiger partial charge on any atom is 0.329 e. The van der Waals surface area contributed by atoms with Crippen molar-refractivity contribution in [2.75, 3.05) is 5.32 Å². The molecular weight excluding hydrogens is 354 g/mol. The molecule has 5 rings (SSSR count). The third-order valence-corrected chi connectivity index (χ3v) is 6.32. The summed E-state index contributed by atoms with van der Waals surface area (Å²) in [5.41, 5.74) is 0.363. The first-order valence-corrected chi connectivity index (χ1v) is 9.26. The number of nitriles is 1. The third-order valence-electron chi connectivity index (χ3n) is 5.98. The summed E-state index contributed by atoms with van der Waals surface area (Å²) in [6.45, 7) is 2.03. The van der Waals surface area contributed by atoms with Crippen LogP contribution in [0.2, 0.25) is 5.02 Å². The van der Waals surface area contributed by atoms with E-state index in [0.29, 0.717) is 29.5 Å². The number of urea groups is 1. The highest BCUT2D eigenvalue weighted by Gasteiger charge is 2.63. The van der Waals surface area contributed by atoms with Gasteiger partial charge < -0.3 is 15.3 Å². The van der Waals surface area contributed by atoms with Gasteiger partial charge in [-0.25, -0.2) is 9.59 Å². The molecule has 2 heterocycles. The SMILES string of the molecule is CC1CC2CC(C(=O)O)(C1)N2C(=O)Nc1ccc(Cl)c(C2CC2C#N)c1. The molecule has 2 amide bonds. The maximum absolute atomic E-state index is 12.8. The number of hydrogen-bond acceptors (Lipinski definition) is 3. The number of aliphatic carboxylic acids is 1. The summed E-state index contributed by atoms with van der Waals surface area (Å²) in [5.74, 6) is -0.542. The van der Waals surface area contributed by atoms with Crippen LogP contribution in [0.15, 0.2) is 18.2 Å². The molecule has 1 aromatic rings. The van der Waals surface area contributed by atoms with Crippen molar-refractivity contribution in [2.45, 2.75) is 50.1 Å². The van der Waals surface area contributed by atoms with Crippen LogP contribution in [0, 0.1) is 23.2 Å². The lowest BCUT2D eigenvalue weighted by molar-refractivity contribution is -0.173. The van der Waals surface area contributed by atoms with E-state index in [0.717, 1.165) is 18.4 Å². The Kier molecular flexibility index (Phi) is 3.89. The van der Waals surface area contributed by atoms with Gasteiger partial charge in [-0.3, -0.25) is 0 Å². The number of halogens is 1. The first kappa shape index (κ1) is 17.2. The van der Waals surface area contributed by atoms with E-state index in [1.165, 1.54) is 4.90 Å². The molecule has 5 atom stereocenters. The summed E-state index contributed by atoms with van der Waals surface area (Å²) >= 11 is 6.24. The number of piperidine rings is 1. The van der Waals surface area contributed by atoms with Crippen molar-refractivity contribution in [3.63, 3.8) is 0 Å². The predicted molar refractivity (Wildman–Crippen MR) is 95.9 cm³/mol. The van der Waals surface area contributed by atoms with Gasteiger partial charge in [-0.1, -0.05) is 18.5 Å². The quantitative estimate of drug-likeness (QED) is 0.842. The molecule has 2 aliphatic carbocycles. The number of fused-ring (bicyclic) bond motifs is 2. The van der Waals surface area contributed by atoms with E-state index in [1.807, 2.05) is 6.92 Å². The van der Waals surface area contributed by atoms with Gasteiger partial charge in [0.1, 0.15) is 5.54 Å². The van der Waals surface area contributed by atoms with Gasteiger partial charge in [0.25, 0.3) is 0 Å². The zero-order valence-electron chi connectivity index (χ0n) is 14.4. The van der Waals surface area contributed by atoms with Gasteiger partial charge in [-0.2, -0.15) is 5.26 Å². The summed E-state index contributed by atoms with van der Waals surface area (Å²) in [6, 6.07) is 7.06. The molecule has 5 unspecified atom stereocenters. The molecule has 0 radical (unpaired) electrons. The molecule has 2 saturated heterocycles. The van der Waals surface area contributed by atoms with Crippen molar-refractivity contribution in [1.29, 1.82) is 5.26 Å². The lowest BCUT2D eigenvalue weighted by atomic mass is 9.64. The fraction of sp³-hybridized carbons (Fsp3) is 0.526. The van der Waals surface area contributed by atoms with Gasteiger partial charge in [0.15, 0.2) is 0 Å². The van der Waals surface area contributed by atoms with E-state index in [9.17, 15) is 14.7 Å². The summed E-state index contributed by atoms with van der Waals surface area (Å²) < 4.78 is 0. The van der Waals surface area contributed by atoms with Gasteiger partial charge >= 0.3 is 12.0 Å². The topological polar surface area (TPSA) is 93.4 Å². The number of carboxylic acid groups (broad SMARTS) is 1. The Morgan fingerprint density at radius 2 is 2.15 bits per heavy atom. The molecule has 2 aliphatic heterocycles. The normalized spacial score (nSPS) is 34.4. The van der Waals surface area contributed by atoms with Gasteiger partial charge in [-0.15, -0.1) is 0 Å². The van der Waals surface area contributed by atoms with Crippen LogP contribution in [0.3, 0.4) is 0 Å². The summed E-state index contributed by atoms with van der Waals surface area (Å²) in [6.07, 6.45) is 2.63. The van der Waals surface area contributed by atoms with E-state index in [-0.39, 0.29) is 23.9 Å². The van der Waals surface area contributed by atoms with Gasteiger partial charge in [-0.05, 0) is 48.9 Å². The third kappa shape index (κ3) is 2.53. The number of carbonyl (C=O) groups excluding carboxylic acids is 1. The zero-order valence-corrected chi connectivity index (χ0v) is 15.2. The monoisotopic (exact) mass is 373 g/mol. The molecule has 26 heavy (non-hydrogen) atoms. The number of carbonyl (C=O) groups is 2. The van der Waals surface area contributed by atoms with Crippen molar-refractivity contribution in [2.24, 2.45) is 11.8 Å². The lowest BCUT2D eigenvalue weighted by Crippen LogP contribution is -2.75. The molecule has 136 valence electrons. The molecule has 0 spiro atoms. The molecular formula is C19H20ClN3O3. The fourth-order valence-electron chi connectivity index (χ4n) is 4.72. The summed E-state index contributed by atoms with van der Waals surface area (Å²) in [4.78, 5) is 26.1. The largest absolute Gasteiger partial charge is 0.479 e. The van der Waals surface area contributed by atoms with Crippen LogP contribution in [0.25, 0.3) is 0 Å². The molecule has 2 bridgehead atoms. The maximum atomic E-state index is 12.8. The number of nitrogens with zero attached hydrogens (tertiary/aromatic N) is 2. The Morgan fingerprint density at radius 3 is 2.81 bits per heavy atom. The number of rotatable bonds is 3. The molecule has 2 N–H and O–H groups in total. The Balaban J connectivity index is 1.53. The average Bonchev–Trinajstić information content (AvgIpc) is 3.35. The highest BCUT2D eigenvalue weighted by atomic mass is 35.5. The van der Waals surface area contributed by atoms with Crippen LogP contribution in [0.1, 0.15) is 44.1 Å². The van der Waals surface area contributed by atoms with Crippen LogP contribution in [-0.4, -0.2) is 33.6 Å². The molecule has 2 saturated carbocycles. The molecule has 1 aromatic carbocycles. The Morgan fingerprint density at radius 1 is 1.38 bits per heavy atom. The standard InChI is InChI=1S/C19H20ClN3O3/c1-10-4-13-8-19(7-10,17(24)25)23(13)18(26)22-12-2-3-16(20)15(6-12)14-5-11(14)9-21/h2-3,6,10-11,13-14H,4-5,7-8H2,1H3,(H,22,26)(H,24,25). The lowest BCUT2D eigenvalue weighted by Gasteiger charge is -2.60. The predicted octanol–water partition coefficient (Wildman–Crippen LogP) is 3.83. The van der Waals surface area contributed by atoms with Crippen LogP contribution in [-0.2, 0) is 4.79 Å². The summed E-state index contributed by atoms with van der Waals surface area (Å²) in [7, 11) is 0. The smallest absolute Gasteiger partial charge is 0.329 e. The number of amides is 2. The Bertz CT molecular complexity index is 836. The highest BCUT2D eigenvalue weighted by Crippen LogP contribution is 2.51. The number of hydrogen-bond donors (Lipinski definition) is 2. The Labute approximate surface area is 156 Å².